The molecule has 0 unspecified atom stereocenters. The molecular weight excluding hydrogens is 256 g/mol. The summed E-state index contributed by atoms with van der Waals surface area (Å²) in [5, 5.41) is 11.4. The van der Waals surface area contributed by atoms with Crippen LogP contribution in [0.1, 0.15) is 15.9 Å². The van der Waals surface area contributed by atoms with Gasteiger partial charge in [0.2, 0.25) is 0 Å². The number of ether oxygens (including phenoxy) is 1. The SMILES string of the molecule is C=CCOC(=O)/C(C#N)=C/c1ccc(C(=O)NC)cc1. The lowest BCUT2D eigenvalue weighted by atomic mass is 10.1. The highest BCUT2D eigenvalue weighted by Gasteiger charge is 2.10. The second kappa shape index (κ2) is 7.54. The highest BCUT2D eigenvalue weighted by molar-refractivity contribution is 5.98. The van der Waals surface area contributed by atoms with Gasteiger partial charge in [-0.15, -0.1) is 0 Å². The van der Waals surface area contributed by atoms with Gasteiger partial charge in [-0.1, -0.05) is 24.8 Å². The normalized spacial score (nSPS) is 10.3. The number of nitrogens with zero attached hydrogens (tertiary/aromatic N) is 1. The molecule has 0 aromatic heterocycles. The molecule has 0 aliphatic carbocycles. The molecule has 102 valence electrons. The Morgan fingerprint density at radius 2 is 2.05 bits per heavy atom. The van der Waals surface area contributed by atoms with Crippen molar-refractivity contribution in [3.05, 3.63) is 53.6 Å². The van der Waals surface area contributed by atoms with Crippen LogP contribution in [0.4, 0.5) is 0 Å². The van der Waals surface area contributed by atoms with Crippen LogP contribution in [0, 0.1) is 11.3 Å². The number of nitriles is 1. The molecule has 1 amide bonds. The molecule has 1 rings (SSSR count). The van der Waals surface area contributed by atoms with Crippen LogP contribution in [-0.2, 0) is 9.53 Å². The number of rotatable bonds is 5. The molecule has 0 bridgehead atoms. The zero-order valence-electron chi connectivity index (χ0n) is 11.1. The molecule has 0 radical (unpaired) electrons. The maximum atomic E-state index is 11.5. The lowest BCUT2D eigenvalue weighted by molar-refractivity contribution is -0.137. The van der Waals surface area contributed by atoms with Crippen molar-refractivity contribution in [1.29, 1.82) is 5.26 Å². The van der Waals surface area contributed by atoms with E-state index in [1.165, 1.54) is 12.2 Å². The second-order valence-electron chi connectivity index (χ2n) is 3.76. The van der Waals surface area contributed by atoms with Crippen LogP contribution in [0.15, 0.2) is 42.5 Å². The Hall–Kier alpha value is -2.87. The molecule has 0 saturated heterocycles. The molecule has 5 heteroatoms. The fourth-order valence-corrected chi connectivity index (χ4v) is 1.39. The first kappa shape index (κ1) is 15.2. The van der Waals surface area contributed by atoms with Crippen molar-refractivity contribution in [2.24, 2.45) is 0 Å². The summed E-state index contributed by atoms with van der Waals surface area (Å²) in [7, 11) is 1.54. The van der Waals surface area contributed by atoms with Crippen molar-refractivity contribution in [2.75, 3.05) is 13.7 Å². The number of hydrogen-bond donors (Lipinski definition) is 1. The van der Waals surface area contributed by atoms with E-state index in [1.807, 2.05) is 0 Å². The lowest BCUT2D eigenvalue weighted by Crippen LogP contribution is -2.17. The zero-order valence-corrected chi connectivity index (χ0v) is 11.1. The summed E-state index contributed by atoms with van der Waals surface area (Å²) in [5.74, 6) is -0.908. The molecular formula is C15H14N2O3. The monoisotopic (exact) mass is 270 g/mol. The van der Waals surface area contributed by atoms with Gasteiger partial charge in [-0.2, -0.15) is 5.26 Å². The Balaban J connectivity index is 2.91. The first-order chi connectivity index (χ1) is 9.62. The van der Waals surface area contributed by atoms with E-state index in [4.69, 9.17) is 10.00 Å². The molecule has 0 heterocycles. The smallest absolute Gasteiger partial charge is 0.349 e. The minimum atomic E-state index is -0.706. The van der Waals surface area contributed by atoms with E-state index in [2.05, 4.69) is 11.9 Å². The first-order valence-corrected chi connectivity index (χ1v) is 5.84. The van der Waals surface area contributed by atoms with E-state index in [0.29, 0.717) is 11.1 Å². The van der Waals surface area contributed by atoms with Gasteiger partial charge in [-0.05, 0) is 23.8 Å². The van der Waals surface area contributed by atoms with Crippen molar-refractivity contribution >= 4 is 18.0 Å². The average Bonchev–Trinajstić information content (AvgIpc) is 2.50. The lowest BCUT2D eigenvalue weighted by Gasteiger charge is -2.02. The van der Waals surface area contributed by atoms with Gasteiger partial charge in [0.25, 0.3) is 5.91 Å². The fourth-order valence-electron chi connectivity index (χ4n) is 1.39. The van der Waals surface area contributed by atoms with Crippen LogP contribution in [-0.4, -0.2) is 25.5 Å². The Labute approximate surface area is 117 Å². The molecule has 1 N–H and O–H groups in total. The maximum absolute atomic E-state index is 11.5. The van der Waals surface area contributed by atoms with E-state index in [1.54, 1.807) is 37.4 Å². The van der Waals surface area contributed by atoms with Gasteiger partial charge in [0.1, 0.15) is 18.2 Å². The van der Waals surface area contributed by atoms with Crippen LogP contribution in [0.2, 0.25) is 0 Å². The number of amides is 1. The predicted octanol–water partition coefficient (Wildman–Crippen LogP) is 1.68. The van der Waals surface area contributed by atoms with E-state index in [9.17, 15) is 9.59 Å². The summed E-state index contributed by atoms with van der Waals surface area (Å²) in [6, 6.07) is 8.28. The molecule has 5 nitrogen and oxygen atoms in total. The fraction of sp³-hybridized carbons (Fsp3) is 0.133. The van der Waals surface area contributed by atoms with Gasteiger partial charge in [0, 0.05) is 12.6 Å². The molecule has 0 spiro atoms. The van der Waals surface area contributed by atoms with Gasteiger partial charge < -0.3 is 10.1 Å². The number of hydrogen-bond acceptors (Lipinski definition) is 4. The minimum absolute atomic E-state index is 0.0491. The maximum Gasteiger partial charge on any atom is 0.349 e. The van der Waals surface area contributed by atoms with Gasteiger partial charge in [0.05, 0.1) is 0 Å². The van der Waals surface area contributed by atoms with Gasteiger partial charge in [-0.25, -0.2) is 4.79 Å². The van der Waals surface area contributed by atoms with Gasteiger partial charge in [0.15, 0.2) is 0 Å². The molecule has 0 aliphatic rings. The molecule has 0 atom stereocenters. The molecule has 0 saturated carbocycles. The first-order valence-electron chi connectivity index (χ1n) is 5.84. The Kier molecular flexibility index (Phi) is 5.73. The van der Waals surface area contributed by atoms with Crippen LogP contribution >= 0.6 is 0 Å². The average molecular weight is 270 g/mol. The third-order valence-corrected chi connectivity index (χ3v) is 2.38. The van der Waals surface area contributed by atoms with Crippen molar-refractivity contribution < 1.29 is 14.3 Å². The Morgan fingerprint density at radius 1 is 1.40 bits per heavy atom. The van der Waals surface area contributed by atoms with Crippen molar-refractivity contribution in [1.82, 2.24) is 5.32 Å². The van der Waals surface area contributed by atoms with Crippen LogP contribution in [0.25, 0.3) is 6.08 Å². The van der Waals surface area contributed by atoms with Crippen LogP contribution < -0.4 is 5.32 Å². The number of carbonyl (C=O) groups excluding carboxylic acids is 2. The molecule has 1 aromatic rings. The highest BCUT2D eigenvalue weighted by atomic mass is 16.5. The standard InChI is InChI=1S/C15H14N2O3/c1-3-8-20-15(19)13(10-16)9-11-4-6-12(7-5-11)14(18)17-2/h3-7,9H,1,8H2,2H3,(H,17,18)/b13-9+. The molecule has 0 aliphatic heterocycles. The summed E-state index contributed by atoms with van der Waals surface area (Å²) in [6.45, 7) is 3.47. The third-order valence-electron chi connectivity index (χ3n) is 2.38. The summed E-state index contributed by atoms with van der Waals surface area (Å²) in [6.07, 6.45) is 2.82. The highest BCUT2D eigenvalue weighted by Crippen LogP contribution is 2.10. The van der Waals surface area contributed by atoms with Crippen LogP contribution in [0.3, 0.4) is 0 Å². The zero-order chi connectivity index (χ0) is 15.0. The Morgan fingerprint density at radius 3 is 2.55 bits per heavy atom. The van der Waals surface area contributed by atoms with Gasteiger partial charge in [-0.3, -0.25) is 4.79 Å². The van der Waals surface area contributed by atoms with E-state index >= 15 is 0 Å². The van der Waals surface area contributed by atoms with Gasteiger partial charge >= 0.3 is 5.97 Å². The predicted molar refractivity (Wildman–Crippen MR) is 74.6 cm³/mol. The summed E-state index contributed by atoms with van der Waals surface area (Å²) in [4.78, 5) is 22.9. The second-order valence-corrected chi connectivity index (χ2v) is 3.76. The molecule has 0 fully saturated rings. The largest absolute Gasteiger partial charge is 0.457 e. The number of nitrogens with one attached hydrogen (secondary N) is 1. The van der Waals surface area contributed by atoms with E-state index in [0.717, 1.165) is 0 Å². The summed E-state index contributed by atoms with van der Waals surface area (Å²) >= 11 is 0. The quantitative estimate of drug-likeness (QED) is 0.382. The van der Waals surface area contributed by atoms with Crippen molar-refractivity contribution in [3.8, 4) is 6.07 Å². The molecule has 1 aromatic carbocycles. The number of carbonyl (C=O) groups is 2. The van der Waals surface area contributed by atoms with E-state index in [-0.39, 0.29) is 18.1 Å². The third kappa shape index (κ3) is 4.10. The Bertz CT molecular complexity index is 580. The van der Waals surface area contributed by atoms with Crippen LogP contribution in [0.5, 0.6) is 0 Å². The number of benzene rings is 1. The van der Waals surface area contributed by atoms with Crippen molar-refractivity contribution in [3.63, 3.8) is 0 Å². The summed E-state index contributed by atoms with van der Waals surface area (Å²) < 4.78 is 4.78. The summed E-state index contributed by atoms with van der Waals surface area (Å²) in [5.41, 5.74) is 1.02. The number of esters is 1. The van der Waals surface area contributed by atoms with E-state index < -0.39 is 5.97 Å². The molecule has 20 heavy (non-hydrogen) atoms. The topological polar surface area (TPSA) is 79.2 Å². The van der Waals surface area contributed by atoms with Crippen molar-refractivity contribution in [2.45, 2.75) is 0 Å². The minimum Gasteiger partial charge on any atom is -0.457 e.